The van der Waals surface area contributed by atoms with E-state index >= 15 is 0 Å². The van der Waals surface area contributed by atoms with Crippen LogP contribution in [0.4, 0.5) is 0 Å². The smallest absolute Gasteiger partial charge is 0.258 e. The number of carbonyl (C=O) groups is 2. The second-order valence-electron chi connectivity index (χ2n) is 6.51. The van der Waals surface area contributed by atoms with Crippen LogP contribution < -0.4 is 5.32 Å². The van der Waals surface area contributed by atoms with Crippen LogP contribution in [0.2, 0.25) is 5.02 Å². The van der Waals surface area contributed by atoms with Crippen LogP contribution in [0.25, 0.3) is 0 Å². The van der Waals surface area contributed by atoms with E-state index in [9.17, 15) is 19.8 Å². The van der Waals surface area contributed by atoms with Crippen LogP contribution in [0.5, 0.6) is 11.5 Å². The number of amides is 2. The minimum Gasteiger partial charge on any atom is -0.507 e. The Balaban J connectivity index is 1.94. The van der Waals surface area contributed by atoms with Crippen LogP contribution in [0.15, 0.2) is 36.4 Å². The van der Waals surface area contributed by atoms with Crippen molar-refractivity contribution in [3.63, 3.8) is 0 Å². The molecule has 1 aliphatic rings. The lowest BCUT2D eigenvalue weighted by Crippen LogP contribution is -2.41. The van der Waals surface area contributed by atoms with Crippen molar-refractivity contribution < 1.29 is 19.8 Å². The zero-order valence-corrected chi connectivity index (χ0v) is 18.8. The largest absolute Gasteiger partial charge is 0.507 e. The van der Waals surface area contributed by atoms with Crippen molar-refractivity contribution in [3.8, 4) is 11.5 Å². The van der Waals surface area contributed by atoms with E-state index in [0.29, 0.717) is 6.54 Å². The Kier molecular flexibility index (Phi) is 6.68. The fourth-order valence-electron chi connectivity index (χ4n) is 3.12. The summed E-state index contributed by atoms with van der Waals surface area (Å²) in [6.07, 6.45) is 0. The standard InChI is InChI=1S/C19H19ClIN2O4P/c20-14-5-13(15(24)6-16(14)25)19(27)23-9-10-3-1-2-4-12(10)17(23)18(26)22-8-11(28)7-21/h1-6,11,17,24-25H,7-9,28H2,(H,22,26). The van der Waals surface area contributed by atoms with Gasteiger partial charge in [0.25, 0.3) is 5.91 Å². The molecular formula is C19H19ClIN2O4P. The molecular weight excluding hydrogens is 514 g/mol. The molecule has 0 radical (unpaired) electrons. The summed E-state index contributed by atoms with van der Waals surface area (Å²) in [5.41, 5.74) is 1.79. The maximum Gasteiger partial charge on any atom is 0.258 e. The van der Waals surface area contributed by atoms with E-state index < -0.39 is 17.7 Å². The third-order valence-electron chi connectivity index (χ3n) is 4.54. The van der Waals surface area contributed by atoms with E-state index in [1.807, 2.05) is 24.3 Å². The van der Waals surface area contributed by atoms with E-state index in [4.69, 9.17) is 11.6 Å². The molecule has 28 heavy (non-hydrogen) atoms. The molecule has 1 heterocycles. The Morgan fingerprint density at radius 1 is 1.29 bits per heavy atom. The average molecular weight is 533 g/mol. The first-order valence-electron chi connectivity index (χ1n) is 8.53. The van der Waals surface area contributed by atoms with Crippen molar-refractivity contribution >= 4 is 55.2 Å². The van der Waals surface area contributed by atoms with E-state index in [-0.39, 0.29) is 34.4 Å². The zero-order valence-electron chi connectivity index (χ0n) is 14.7. The summed E-state index contributed by atoms with van der Waals surface area (Å²) in [6.45, 7) is 0.713. The lowest BCUT2D eigenvalue weighted by atomic mass is 10.0. The van der Waals surface area contributed by atoms with Gasteiger partial charge in [0, 0.05) is 23.6 Å². The molecule has 0 spiro atoms. The van der Waals surface area contributed by atoms with Gasteiger partial charge in [-0.1, -0.05) is 58.5 Å². The fraction of sp³-hybridized carbons (Fsp3) is 0.263. The van der Waals surface area contributed by atoms with Gasteiger partial charge >= 0.3 is 0 Å². The minimum atomic E-state index is -0.804. The predicted octanol–water partition coefficient (Wildman–Crippen LogP) is 3.24. The van der Waals surface area contributed by atoms with E-state index in [2.05, 4.69) is 37.1 Å². The summed E-state index contributed by atoms with van der Waals surface area (Å²) in [7, 11) is 2.68. The molecule has 0 saturated carbocycles. The van der Waals surface area contributed by atoms with Crippen molar-refractivity contribution in [3.05, 3.63) is 58.1 Å². The predicted molar refractivity (Wildman–Crippen MR) is 119 cm³/mol. The number of hydrogen-bond donors (Lipinski definition) is 3. The monoisotopic (exact) mass is 532 g/mol. The number of benzene rings is 2. The summed E-state index contributed by atoms with van der Waals surface area (Å²) in [5.74, 6) is -1.52. The molecule has 148 valence electrons. The zero-order chi connectivity index (χ0) is 20.4. The van der Waals surface area contributed by atoms with Crippen molar-refractivity contribution in [2.24, 2.45) is 0 Å². The van der Waals surface area contributed by atoms with Crippen LogP contribution in [-0.4, -0.2) is 43.6 Å². The van der Waals surface area contributed by atoms with Crippen molar-refractivity contribution in [2.75, 3.05) is 11.0 Å². The fourth-order valence-corrected chi connectivity index (χ4v) is 3.71. The molecule has 0 aliphatic carbocycles. The van der Waals surface area contributed by atoms with Gasteiger partial charge in [-0.25, -0.2) is 0 Å². The molecule has 2 aromatic rings. The summed E-state index contributed by atoms with van der Waals surface area (Å²) in [6, 6.07) is 8.80. The number of hydrogen-bond acceptors (Lipinski definition) is 4. The number of aromatic hydroxyl groups is 2. The summed E-state index contributed by atoms with van der Waals surface area (Å²) in [5, 5.41) is 22.6. The number of rotatable bonds is 5. The van der Waals surface area contributed by atoms with Gasteiger partial charge < -0.3 is 20.4 Å². The first-order valence-corrected chi connectivity index (χ1v) is 11.1. The second kappa shape index (κ2) is 8.84. The van der Waals surface area contributed by atoms with Gasteiger partial charge in [-0.3, -0.25) is 9.59 Å². The minimum absolute atomic E-state index is 0.0493. The highest BCUT2D eigenvalue weighted by Crippen LogP contribution is 2.38. The number of halogens is 2. The Labute approximate surface area is 183 Å². The van der Waals surface area contributed by atoms with Crippen LogP contribution in [-0.2, 0) is 11.3 Å². The Morgan fingerprint density at radius 3 is 2.71 bits per heavy atom. The quantitative estimate of drug-likeness (QED) is 0.313. The average Bonchev–Trinajstić information content (AvgIpc) is 3.07. The molecule has 3 rings (SSSR count). The number of phenols is 2. The number of carbonyl (C=O) groups excluding carboxylic acids is 2. The van der Waals surface area contributed by atoms with Gasteiger partial charge in [0.1, 0.15) is 17.5 Å². The summed E-state index contributed by atoms with van der Waals surface area (Å²) < 4.78 is 0.868. The van der Waals surface area contributed by atoms with Gasteiger partial charge in [0.05, 0.1) is 10.6 Å². The molecule has 2 amide bonds. The molecule has 9 heteroatoms. The molecule has 1 aliphatic heterocycles. The molecule has 2 aromatic carbocycles. The first-order chi connectivity index (χ1) is 13.3. The summed E-state index contributed by atoms with van der Waals surface area (Å²) in [4.78, 5) is 27.5. The maximum absolute atomic E-state index is 13.1. The highest BCUT2D eigenvalue weighted by molar-refractivity contribution is 14.1. The van der Waals surface area contributed by atoms with Gasteiger partial charge in [0.15, 0.2) is 0 Å². The number of nitrogens with zero attached hydrogens (tertiary/aromatic N) is 1. The molecule has 0 bridgehead atoms. The number of phenolic OH excluding ortho intramolecular Hbond substituents is 2. The van der Waals surface area contributed by atoms with Gasteiger partial charge in [0.2, 0.25) is 5.91 Å². The van der Waals surface area contributed by atoms with Crippen LogP contribution in [0, 0.1) is 0 Å². The van der Waals surface area contributed by atoms with Crippen molar-refractivity contribution in [1.82, 2.24) is 10.2 Å². The number of fused-ring (bicyclic) bond motifs is 1. The Morgan fingerprint density at radius 2 is 2.00 bits per heavy atom. The topological polar surface area (TPSA) is 89.9 Å². The third kappa shape index (κ3) is 4.21. The normalized spacial score (nSPS) is 16.5. The van der Waals surface area contributed by atoms with Gasteiger partial charge in [-0.05, 0) is 22.9 Å². The number of nitrogens with one attached hydrogen (secondary N) is 1. The SMILES string of the molecule is O=C(NCC(P)CI)C1c2ccccc2CN1C(=O)c1cc(Cl)c(O)cc1O. The molecule has 0 fully saturated rings. The van der Waals surface area contributed by atoms with Crippen LogP contribution in [0.1, 0.15) is 27.5 Å². The van der Waals surface area contributed by atoms with Crippen molar-refractivity contribution in [2.45, 2.75) is 18.2 Å². The van der Waals surface area contributed by atoms with Gasteiger partial charge in [-0.15, -0.1) is 9.24 Å². The number of alkyl halides is 1. The first kappa shape index (κ1) is 21.1. The van der Waals surface area contributed by atoms with E-state index in [0.717, 1.165) is 21.6 Å². The molecule has 3 atom stereocenters. The highest BCUT2D eigenvalue weighted by atomic mass is 127. The molecule has 0 saturated heterocycles. The molecule has 0 aromatic heterocycles. The van der Waals surface area contributed by atoms with Gasteiger partial charge in [-0.2, -0.15) is 0 Å². The second-order valence-corrected chi connectivity index (χ2v) is 8.75. The lowest BCUT2D eigenvalue weighted by molar-refractivity contribution is -0.125. The Bertz CT molecular complexity index is 927. The molecule has 6 nitrogen and oxygen atoms in total. The van der Waals surface area contributed by atoms with Crippen LogP contribution >= 0.6 is 43.4 Å². The highest BCUT2D eigenvalue weighted by Gasteiger charge is 2.39. The van der Waals surface area contributed by atoms with E-state index in [1.54, 1.807) is 0 Å². The van der Waals surface area contributed by atoms with E-state index in [1.165, 1.54) is 11.0 Å². The Hall–Kier alpha value is -1.57. The van der Waals surface area contributed by atoms with Crippen LogP contribution in [0.3, 0.4) is 0 Å². The summed E-state index contributed by atoms with van der Waals surface area (Å²) >= 11 is 8.15. The third-order valence-corrected chi connectivity index (χ3v) is 7.41. The maximum atomic E-state index is 13.1. The van der Waals surface area contributed by atoms with Crippen molar-refractivity contribution in [1.29, 1.82) is 0 Å². The lowest BCUT2D eigenvalue weighted by Gasteiger charge is -2.25. The molecule has 3 unspecified atom stereocenters. The molecule has 3 N–H and O–H groups in total.